The van der Waals surface area contributed by atoms with Crippen molar-refractivity contribution in [1.82, 2.24) is 9.88 Å². The summed E-state index contributed by atoms with van der Waals surface area (Å²) in [5, 5.41) is 9.58. The number of pyridine rings is 1. The third kappa shape index (κ3) is 5.53. The fourth-order valence-corrected chi connectivity index (χ4v) is 2.19. The number of carboxylic acids is 1. The van der Waals surface area contributed by atoms with E-state index < -0.39 is 5.97 Å². The van der Waals surface area contributed by atoms with E-state index in [9.17, 15) is 4.79 Å². The first-order chi connectivity index (χ1) is 10.1. The first-order valence-corrected chi connectivity index (χ1v) is 7.09. The third-order valence-corrected chi connectivity index (χ3v) is 3.37. The Labute approximate surface area is 129 Å². The lowest BCUT2D eigenvalue weighted by atomic mass is 10.2. The Morgan fingerprint density at radius 3 is 2.19 bits per heavy atom. The van der Waals surface area contributed by atoms with Crippen molar-refractivity contribution in [2.24, 2.45) is 0 Å². The van der Waals surface area contributed by atoms with Gasteiger partial charge in [0.15, 0.2) is 0 Å². The summed E-state index contributed by atoms with van der Waals surface area (Å²) in [7, 11) is 0. The molecule has 0 aliphatic rings. The van der Waals surface area contributed by atoms with Gasteiger partial charge in [-0.3, -0.25) is 14.7 Å². The molecular formula is C16H17ClN2O2. The number of carboxylic acid groups (broad SMARTS) is 1. The molecule has 1 aromatic carbocycles. The van der Waals surface area contributed by atoms with E-state index in [1.165, 1.54) is 0 Å². The molecule has 4 nitrogen and oxygen atoms in total. The maximum absolute atomic E-state index is 10.8. The molecule has 0 spiro atoms. The van der Waals surface area contributed by atoms with Gasteiger partial charge in [-0.1, -0.05) is 23.7 Å². The molecule has 0 saturated heterocycles. The summed E-state index contributed by atoms with van der Waals surface area (Å²) in [6, 6.07) is 11.5. The van der Waals surface area contributed by atoms with Crippen LogP contribution in [0.1, 0.15) is 17.5 Å². The zero-order valence-electron chi connectivity index (χ0n) is 11.6. The largest absolute Gasteiger partial charge is 0.481 e. The lowest BCUT2D eigenvalue weighted by Gasteiger charge is -2.21. The molecule has 0 bridgehead atoms. The summed E-state index contributed by atoms with van der Waals surface area (Å²) in [6.07, 6.45) is 3.61. The first kappa shape index (κ1) is 15.5. The van der Waals surface area contributed by atoms with Crippen molar-refractivity contribution in [1.29, 1.82) is 0 Å². The molecular weight excluding hydrogens is 288 g/mol. The summed E-state index contributed by atoms with van der Waals surface area (Å²) in [5.74, 6) is -0.786. The molecule has 1 heterocycles. The van der Waals surface area contributed by atoms with Crippen LogP contribution in [0.25, 0.3) is 0 Å². The van der Waals surface area contributed by atoms with Crippen molar-refractivity contribution in [3.05, 3.63) is 64.9 Å². The lowest BCUT2D eigenvalue weighted by Crippen LogP contribution is -2.25. The van der Waals surface area contributed by atoms with Gasteiger partial charge in [0.1, 0.15) is 0 Å². The van der Waals surface area contributed by atoms with E-state index >= 15 is 0 Å². The average molecular weight is 305 g/mol. The van der Waals surface area contributed by atoms with Gasteiger partial charge in [-0.25, -0.2) is 0 Å². The summed E-state index contributed by atoms with van der Waals surface area (Å²) in [6.45, 7) is 1.88. The van der Waals surface area contributed by atoms with Crippen molar-refractivity contribution < 1.29 is 9.90 Å². The van der Waals surface area contributed by atoms with Crippen LogP contribution in [0, 0.1) is 0 Å². The number of benzene rings is 1. The second-order valence-electron chi connectivity index (χ2n) is 4.84. The highest BCUT2D eigenvalue weighted by atomic mass is 35.5. The Balaban J connectivity index is 2.04. The molecule has 0 unspecified atom stereocenters. The van der Waals surface area contributed by atoms with Crippen molar-refractivity contribution in [3.63, 3.8) is 0 Å². The Hall–Kier alpha value is -1.91. The molecule has 1 N–H and O–H groups in total. The molecule has 0 saturated carbocycles. The Morgan fingerprint density at radius 1 is 1.05 bits per heavy atom. The summed E-state index contributed by atoms with van der Waals surface area (Å²) >= 11 is 5.88. The molecule has 0 amide bonds. The van der Waals surface area contributed by atoms with Crippen LogP contribution in [0.2, 0.25) is 5.02 Å². The van der Waals surface area contributed by atoms with Crippen LogP contribution in [0.15, 0.2) is 48.8 Å². The molecule has 0 radical (unpaired) electrons. The van der Waals surface area contributed by atoms with Gasteiger partial charge in [-0.2, -0.15) is 0 Å². The highest BCUT2D eigenvalue weighted by Crippen LogP contribution is 2.13. The Kier molecular flexibility index (Phi) is 5.72. The minimum Gasteiger partial charge on any atom is -0.481 e. The number of rotatable bonds is 7. The quantitative estimate of drug-likeness (QED) is 0.853. The van der Waals surface area contributed by atoms with Crippen LogP contribution in [-0.4, -0.2) is 27.5 Å². The lowest BCUT2D eigenvalue weighted by molar-refractivity contribution is -0.137. The van der Waals surface area contributed by atoms with E-state index in [0.717, 1.165) is 11.1 Å². The van der Waals surface area contributed by atoms with Crippen molar-refractivity contribution in [2.75, 3.05) is 6.54 Å². The molecule has 0 aliphatic heterocycles. The number of aromatic nitrogens is 1. The number of halogens is 1. The van der Waals surface area contributed by atoms with E-state index in [1.54, 1.807) is 12.4 Å². The topological polar surface area (TPSA) is 53.4 Å². The predicted octanol–water partition coefficient (Wildman–Crippen LogP) is 3.21. The minimum atomic E-state index is -0.786. The second-order valence-corrected chi connectivity index (χ2v) is 5.27. The Bertz CT molecular complexity index is 573. The number of nitrogens with zero attached hydrogens (tertiary/aromatic N) is 2. The van der Waals surface area contributed by atoms with Crippen LogP contribution in [0.5, 0.6) is 0 Å². The third-order valence-electron chi connectivity index (χ3n) is 3.12. The molecule has 0 atom stereocenters. The fraction of sp³-hybridized carbons (Fsp3) is 0.250. The number of hydrogen-bond acceptors (Lipinski definition) is 3. The average Bonchev–Trinajstić information content (AvgIpc) is 2.48. The summed E-state index contributed by atoms with van der Waals surface area (Å²) in [4.78, 5) is 16.9. The van der Waals surface area contributed by atoms with Crippen LogP contribution in [0.3, 0.4) is 0 Å². The monoisotopic (exact) mass is 304 g/mol. The highest BCUT2D eigenvalue weighted by Gasteiger charge is 2.09. The maximum Gasteiger partial charge on any atom is 0.304 e. The van der Waals surface area contributed by atoms with E-state index in [2.05, 4.69) is 9.88 Å². The van der Waals surface area contributed by atoms with Gasteiger partial charge in [0.25, 0.3) is 0 Å². The number of carbonyl (C=O) groups is 1. The molecule has 110 valence electrons. The molecule has 2 rings (SSSR count). The second kappa shape index (κ2) is 7.76. The van der Waals surface area contributed by atoms with E-state index in [0.29, 0.717) is 24.7 Å². The maximum atomic E-state index is 10.8. The van der Waals surface area contributed by atoms with Gasteiger partial charge in [-0.15, -0.1) is 0 Å². The van der Waals surface area contributed by atoms with Gasteiger partial charge in [0.2, 0.25) is 0 Å². The summed E-state index contributed by atoms with van der Waals surface area (Å²) < 4.78 is 0. The predicted molar refractivity (Wildman–Crippen MR) is 82.1 cm³/mol. The molecule has 0 fully saturated rings. The van der Waals surface area contributed by atoms with E-state index in [4.69, 9.17) is 16.7 Å². The van der Waals surface area contributed by atoms with Crippen LogP contribution < -0.4 is 0 Å². The first-order valence-electron chi connectivity index (χ1n) is 6.71. The zero-order valence-corrected chi connectivity index (χ0v) is 12.3. The number of hydrogen-bond donors (Lipinski definition) is 1. The standard InChI is InChI=1S/C16H17ClN2O2/c17-15-3-1-13(2-4-15)11-19(10-7-16(20)21)12-14-5-8-18-9-6-14/h1-6,8-9H,7,10-12H2,(H,20,21). The fourth-order valence-electron chi connectivity index (χ4n) is 2.06. The van der Waals surface area contributed by atoms with Gasteiger partial charge >= 0.3 is 5.97 Å². The Morgan fingerprint density at radius 2 is 1.62 bits per heavy atom. The van der Waals surface area contributed by atoms with E-state index in [1.807, 2.05) is 36.4 Å². The van der Waals surface area contributed by atoms with Crippen molar-refractivity contribution >= 4 is 17.6 Å². The van der Waals surface area contributed by atoms with Crippen LogP contribution in [0.4, 0.5) is 0 Å². The normalized spacial score (nSPS) is 10.8. The highest BCUT2D eigenvalue weighted by molar-refractivity contribution is 6.30. The molecule has 5 heteroatoms. The molecule has 2 aromatic rings. The van der Waals surface area contributed by atoms with Crippen molar-refractivity contribution in [3.8, 4) is 0 Å². The number of aliphatic carboxylic acids is 1. The molecule has 0 aliphatic carbocycles. The van der Waals surface area contributed by atoms with Gasteiger partial charge in [-0.05, 0) is 35.4 Å². The van der Waals surface area contributed by atoms with Gasteiger partial charge in [0, 0.05) is 37.1 Å². The van der Waals surface area contributed by atoms with Gasteiger partial charge < -0.3 is 5.11 Å². The zero-order chi connectivity index (χ0) is 15.1. The summed E-state index contributed by atoms with van der Waals surface area (Å²) in [5.41, 5.74) is 2.23. The van der Waals surface area contributed by atoms with Gasteiger partial charge in [0.05, 0.1) is 6.42 Å². The van der Waals surface area contributed by atoms with Crippen LogP contribution >= 0.6 is 11.6 Å². The molecule has 21 heavy (non-hydrogen) atoms. The van der Waals surface area contributed by atoms with Crippen molar-refractivity contribution in [2.45, 2.75) is 19.5 Å². The minimum absolute atomic E-state index is 0.124. The SMILES string of the molecule is O=C(O)CCN(Cc1ccncc1)Cc1ccc(Cl)cc1. The van der Waals surface area contributed by atoms with E-state index in [-0.39, 0.29) is 6.42 Å². The van der Waals surface area contributed by atoms with Crippen LogP contribution in [-0.2, 0) is 17.9 Å². The smallest absolute Gasteiger partial charge is 0.304 e. The molecule has 1 aromatic heterocycles.